The normalized spacial score (nSPS) is 11.1. The molecule has 1 N–H and O–H groups in total. The second-order valence-corrected chi connectivity index (χ2v) is 3.99. The molecule has 0 aliphatic carbocycles. The Hall–Kier alpha value is -2.03. The van der Waals surface area contributed by atoms with Gasteiger partial charge in [-0.15, -0.1) is 0 Å². The Morgan fingerprint density at radius 3 is 2.69 bits per heavy atom. The minimum atomic E-state index is 0.798. The van der Waals surface area contributed by atoms with Gasteiger partial charge in [0.25, 0.3) is 0 Å². The van der Waals surface area contributed by atoms with E-state index in [4.69, 9.17) is 4.42 Å². The largest absolute Gasteiger partial charge is 0.461 e. The Morgan fingerprint density at radius 1 is 1.12 bits per heavy atom. The summed E-state index contributed by atoms with van der Waals surface area (Å²) in [5.74, 6) is 1.61. The van der Waals surface area contributed by atoms with Gasteiger partial charge in [0.05, 0.1) is 17.3 Å². The summed E-state index contributed by atoms with van der Waals surface area (Å²) in [4.78, 5) is 7.84. The first-order valence-electron chi connectivity index (χ1n) is 5.25. The third-order valence-electron chi connectivity index (χ3n) is 2.79. The predicted octanol–water partition coefficient (Wildman–Crippen LogP) is 3.44. The van der Waals surface area contributed by atoms with Crippen molar-refractivity contribution in [2.75, 3.05) is 0 Å². The van der Waals surface area contributed by atoms with Crippen LogP contribution in [0.2, 0.25) is 0 Å². The highest BCUT2D eigenvalue weighted by molar-refractivity contribution is 5.81. The van der Waals surface area contributed by atoms with Gasteiger partial charge < -0.3 is 9.40 Å². The topological polar surface area (TPSA) is 41.8 Å². The first kappa shape index (κ1) is 9.21. The summed E-state index contributed by atoms with van der Waals surface area (Å²) in [5, 5.41) is 0. The van der Waals surface area contributed by atoms with Gasteiger partial charge >= 0.3 is 0 Å². The lowest BCUT2D eigenvalue weighted by atomic mass is 10.2. The molecule has 2 aromatic heterocycles. The Kier molecular flexibility index (Phi) is 1.86. The van der Waals surface area contributed by atoms with Crippen LogP contribution in [0.15, 0.2) is 34.9 Å². The standard InChI is InChI=1S/C13H12N2O/c1-8-4-3-5-10-11(8)15-13(14-10)12-9(2)6-7-16-12/h3-7H,1-2H3,(H,14,15). The third kappa shape index (κ3) is 1.25. The maximum Gasteiger partial charge on any atom is 0.174 e. The van der Waals surface area contributed by atoms with E-state index >= 15 is 0 Å². The summed E-state index contributed by atoms with van der Waals surface area (Å²) in [6.07, 6.45) is 1.69. The molecule has 0 unspecified atom stereocenters. The Morgan fingerprint density at radius 2 is 2.00 bits per heavy atom. The number of nitrogens with one attached hydrogen (secondary N) is 1. The molecule has 0 radical (unpaired) electrons. The van der Waals surface area contributed by atoms with Gasteiger partial charge in [-0.1, -0.05) is 12.1 Å². The zero-order valence-electron chi connectivity index (χ0n) is 9.24. The molecule has 0 aliphatic heterocycles. The zero-order valence-corrected chi connectivity index (χ0v) is 9.24. The zero-order chi connectivity index (χ0) is 11.1. The maximum absolute atomic E-state index is 5.43. The summed E-state index contributed by atoms with van der Waals surface area (Å²) < 4.78 is 5.43. The summed E-state index contributed by atoms with van der Waals surface area (Å²) in [5.41, 5.74) is 4.32. The van der Waals surface area contributed by atoms with Crippen molar-refractivity contribution in [2.24, 2.45) is 0 Å². The molecular weight excluding hydrogens is 200 g/mol. The molecule has 0 saturated carbocycles. The summed E-state index contributed by atoms with van der Waals surface area (Å²) in [6.45, 7) is 4.07. The minimum Gasteiger partial charge on any atom is -0.461 e. The van der Waals surface area contributed by atoms with Crippen LogP contribution < -0.4 is 0 Å². The van der Waals surface area contributed by atoms with Crippen LogP contribution in [0, 0.1) is 13.8 Å². The number of hydrogen-bond acceptors (Lipinski definition) is 2. The smallest absolute Gasteiger partial charge is 0.174 e. The van der Waals surface area contributed by atoms with Crippen LogP contribution >= 0.6 is 0 Å². The number of H-pyrrole nitrogens is 1. The number of fused-ring (bicyclic) bond motifs is 1. The first-order valence-corrected chi connectivity index (χ1v) is 5.25. The van der Waals surface area contributed by atoms with Gasteiger partial charge in [-0.05, 0) is 37.1 Å². The number of aromatic nitrogens is 2. The van der Waals surface area contributed by atoms with E-state index in [0.717, 1.165) is 28.2 Å². The fourth-order valence-electron chi connectivity index (χ4n) is 1.90. The molecule has 0 fully saturated rings. The number of hydrogen-bond donors (Lipinski definition) is 1. The van der Waals surface area contributed by atoms with Crippen molar-refractivity contribution in [3.05, 3.63) is 41.7 Å². The van der Waals surface area contributed by atoms with Crippen molar-refractivity contribution in [1.29, 1.82) is 0 Å². The van der Waals surface area contributed by atoms with Crippen LogP contribution in [0.25, 0.3) is 22.6 Å². The van der Waals surface area contributed by atoms with Gasteiger partial charge in [0.15, 0.2) is 11.6 Å². The lowest BCUT2D eigenvalue weighted by Gasteiger charge is -1.91. The highest BCUT2D eigenvalue weighted by atomic mass is 16.3. The van der Waals surface area contributed by atoms with E-state index < -0.39 is 0 Å². The quantitative estimate of drug-likeness (QED) is 0.671. The van der Waals surface area contributed by atoms with Gasteiger partial charge in [0, 0.05) is 0 Å². The third-order valence-corrected chi connectivity index (χ3v) is 2.79. The van der Waals surface area contributed by atoms with Crippen LogP contribution in [0.5, 0.6) is 0 Å². The van der Waals surface area contributed by atoms with Gasteiger partial charge in [-0.25, -0.2) is 4.98 Å². The number of imidazole rings is 1. The monoisotopic (exact) mass is 212 g/mol. The van der Waals surface area contributed by atoms with E-state index in [-0.39, 0.29) is 0 Å². The highest BCUT2D eigenvalue weighted by Crippen LogP contribution is 2.25. The lowest BCUT2D eigenvalue weighted by molar-refractivity contribution is 0.577. The average molecular weight is 212 g/mol. The summed E-state index contributed by atoms with van der Waals surface area (Å²) >= 11 is 0. The second kappa shape index (κ2) is 3.23. The molecule has 0 aliphatic rings. The number of benzene rings is 1. The number of aryl methyl sites for hydroxylation is 2. The maximum atomic E-state index is 5.43. The van der Waals surface area contributed by atoms with Gasteiger partial charge in [-0.3, -0.25) is 0 Å². The number of nitrogens with zero attached hydrogens (tertiary/aromatic N) is 1. The van der Waals surface area contributed by atoms with Gasteiger partial charge in [0.1, 0.15) is 0 Å². The van der Waals surface area contributed by atoms with Crippen molar-refractivity contribution in [3.8, 4) is 11.6 Å². The molecule has 80 valence electrons. The van der Waals surface area contributed by atoms with Crippen molar-refractivity contribution in [1.82, 2.24) is 9.97 Å². The average Bonchev–Trinajstić information content (AvgIpc) is 2.84. The molecule has 3 heteroatoms. The van der Waals surface area contributed by atoms with E-state index in [2.05, 4.69) is 23.0 Å². The Balaban J connectivity index is 2.27. The van der Waals surface area contributed by atoms with Gasteiger partial charge in [0.2, 0.25) is 0 Å². The fraction of sp³-hybridized carbons (Fsp3) is 0.154. The van der Waals surface area contributed by atoms with Crippen LogP contribution in [-0.2, 0) is 0 Å². The van der Waals surface area contributed by atoms with E-state index in [1.165, 1.54) is 5.56 Å². The van der Waals surface area contributed by atoms with Crippen molar-refractivity contribution in [3.63, 3.8) is 0 Å². The van der Waals surface area contributed by atoms with Crippen LogP contribution in [0.3, 0.4) is 0 Å². The summed E-state index contributed by atoms with van der Waals surface area (Å²) in [6, 6.07) is 8.04. The van der Waals surface area contributed by atoms with E-state index in [1.54, 1.807) is 6.26 Å². The van der Waals surface area contributed by atoms with Crippen molar-refractivity contribution < 1.29 is 4.42 Å². The Bertz CT molecular complexity index is 649. The number of rotatable bonds is 1. The van der Waals surface area contributed by atoms with Crippen LogP contribution in [0.1, 0.15) is 11.1 Å². The van der Waals surface area contributed by atoms with E-state index in [0.29, 0.717) is 0 Å². The van der Waals surface area contributed by atoms with Crippen molar-refractivity contribution >= 4 is 11.0 Å². The molecule has 0 atom stereocenters. The molecule has 1 aromatic carbocycles. The van der Waals surface area contributed by atoms with Crippen LogP contribution in [0.4, 0.5) is 0 Å². The van der Waals surface area contributed by atoms with Crippen LogP contribution in [-0.4, -0.2) is 9.97 Å². The second-order valence-electron chi connectivity index (χ2n) is 3.99. The lowest BCUT2D eigenvalue weighted by Crippen LogP contribution is -1.79. The van der Waals surface area contributed by atoms with Gasteiger partial charge in [-0.2, -0.15) is 0 Å². The number of furan rings is 1. The van der Waals surface area contributed by atoms with E-state index in [9.17, 15) is 0 Å². The first-order chi connectivity index (χ1) is 7.75. The summed E-state index contributed by atoms with van der Waals surface area (Å²) in [7, 11) is 0. The molecule has 0 spiro atoms. The SMILES string of the molecule is Cc1ccoc1-c1nc2c(C)cccc2[nH]1. The molecule has 16 heavy (non-hydrogen) atoms. The molecule has 0 bridgehead atoms. The Labute approximate surface area is 93.1 Å². The molecule has 0 saturated heterocycles. The molecule has 0 amide bonds. The predicted molar refractivity (Wildman–Crippen MR) is 63.3 cm³/mol. The minimum absolute atomic E-state index is 0.798. The number of aromatic amines is 1. The molecule has 3 aromatic rings. The van der Waals surface area contributed by atoms with Crippen molar-refractivity contribution in [2.45, 2.75) is 13.8 Å². The molecular formula is C13H12N2O. The number of para-hydroxylation sites is 1. The molecule has 3 rings (SSSR count). The molecule has 3 nitrogen and oxygen atoms in total. The fourth-order valence-corrected chi connectivity index (χ4v) is 1.90. The van der Waals surface area contributed by atoms with E-state index in [1.807, 2.05) is 25.1 Å². The highest BCUT2D eigenvalue weighted by Gasteiger charge is 2.11. The molecule has 2 heterocycles.